The van der Waals surface area contributed by atoms with Gasteiger partial charge in [-0.3, -0.25) is 19.8 Å². The predicted octanol–water partition coefficient (Wildman–Crippen LogP) is 2.93. The first kappa shape index (κ1) is 17.1. The molecule has 0 aliphatic carbocycles. The van der Waals surface area contributed by atoms with Crippen LogP contribution in [0.1, 0.15) is 17.0 Å². The molecule has 2 aliphatic heterocycles. The zero-order valence-corrected chi connectivity index (χ0v) is 15.3. The topological polar surface area (TPSA) is 75.5 Å². The van der Waals surface area contributed by atoms with E-state index in [2.05, 4.69) is 5.32 Å². The molecule has 2 aromatic rings. The number of nitrogens with zero attached hydrogens (tertiary/aromatic N) is 2. The second kappa shape index (κ2) is 6.10. The van der Waals surface area contributed by atoms with E-state index in [0.717, 1.165) is 10.5 Å². The zero-order chi connectivity index (χ0) is 18.5. The maximum atomic E-state index is 13.0. The maximum Gasteiger partial charge on any atom is 0.256 e. The van der Waals surface area contributed by atoms with Crippen molar-refractivity contribution in [3.05, 3.63) is 69.8 Å². The van der Waals surface area contributed by atoms with Crippen LogP contribution in [0, 0.1) is 10.1 Å². The third-order valence-electron chi connectivity index (χ3n) is 5.58. The summed E-state index contributed by atoms with van der Waals surface area (Å²) in [5.74, 6) is -0.672. The summed E-state index contributed by atoms with van der Waals surface area (Å²) in [6.07, 6.45) is 1.99. The zero-order valence-electron chi connectivity index (χ0n) is 14.5. The van der Waals surface area contributed by atoms with Crippen molar-refractivity contribution in [3.63, 3.8) is 0 Å². The van der Waals surface area contributed by atoms with Gasteiger partial charge in [0.15, 0.2) is 5.54 Å². The Morgan fingerprint density at radius 2 is 1.92 bits per heavy atom. The molecule has 0 unspecified atom stereocenters. The van der Waals surface area contributed by atoms with Gasteiger partial charge in [0.2, 0.25) is 0 Å². The molecule has 0 bridgehead atoms. The molecule has 7 heteroatoms. The Kier molecular flexibility index (Phi) is 4.00. The lowest BCUT2D eigenvalue weighted by Crippen LogP contribution is -2.54. The number of fused-ring (bicyclic) bond motifs is 2. The van der Waals surface area contributed by atoms with Gasteiger partial charge in [0.25, 0.3) is 11.9 Å². The van der Waals surface area contributed by atoms with Crippen LogP contribution < -0.4 is 5.32 Å². The number of hydrogen-bond acceptors (Lipinski definition) is 5. The molecule has 0 saturated carbocycles. The minimum absolute atomic E-state index is 0.279. The minimum Gasteiger partial charge on any atom is -0.324 e. The highest BCUT2D eigenvalue weighted by molar-refractivity contribution is 7.98. The fourth-order valence-corrected chi connectivity index (χ4v) is 4.84. The lowest BCUT2D eigenvalue weighted by molar-refractivity contribution is -0.534. The highest BCUT2D eigenvalue weighted by Gasteiger charge is 2.68. The quantitative estimate of drug-likeness (QED) is 0.511. The van der Waals surface area contributed by atoms with Gasteiger partial charge >= 0.3 is 0 Å². The summed E-state index contributed by atoms with van der Waals surface area (Å²) in [5.41, 5.74) is 0.973. The molecule has 1 N–H and O–H groups in total. The van der Waals surface area contributed by atoms with Crippen molar-refractivity contribution in [2.45, 2.75) is 22.4 Å². The number of thioether (sulfide) groups is 1. The molecular weight excluding hydrogens is 350 g/mol. The van der Waals surface area contributed by atoms with E-state index in [9.17, 15) is 14.9 Å². The molecule has 2 aliphatic rings. The van der Waals surface area contributed by atoms with Crippen molar-refractivity contribution in [2.24, 2.45) is 0 Å². The van der Waals surface area contributed by atoms with E-state index >= 15 is 0 Å². The number of carbonyl (C=O) groups excluding carboxylic acids is 1. The van der Waals surface area contributed by atoms with Crippen LogP contribution >= 0.6 is 11.8 Å². The van der Waals surface area contributed by atoms with Crippen LogP contribution in [0.3, 0.4) is 0 Å². The van der Waals surface area contributed by atoms with Crippen LogP contribution in [-0.4, -0.2) is 41.6 Å². The number of likely N-dealkylation sites (tertiary alicyclic amines) is 1. The van der Waals surface area contributed by atoms with Crippen LogP contribution in [0.4, 0.5) is 5.69 Å². The molecule has 26 heavy (non-hydrogen) atoms. The molecule has 1 fully saturated rings. The minimum atomic E-state index is -1.27. The number of likely N-dealkylation sites (N-methyl/N-ethyl adjacent to an activating group) is 1. The number of nitrogens with one attached hydrogen (secondary N) is 1. The Balaban J connectivity index is 1.86. The van der Waals surface area contributed by atoms with Crippen LogP contribution in [0.25, 0.3) is 0 Å². The van der Waals surface area contributed by atoms with Gasteiger partial charge in [0.1, 0.15) is 0 Å². The Morgan fingerprint density at radius 3 is 2.58 bits per heavy atom. The summed E-state index contributed by atoms with van der Waals surface area (Å²) < 4.78 is 0. The van der Waals surface area contributed by atoms with Crippen molar-refractivity contribution in [1.82, 2.24) is 4.90 Å². The SMILES string of the molecule is CSc1ccc([C@@H]2CN(C)[C@@]3(C(=O)Nc4ccccc43)[C@@H]2[N+](=O)[O-])cc1. The van der Waals surface area contributed by atoms with Gasteiger partial charge in [-0.05, 0) is 37.1 Å². The number of hydrogen-bond donors (Lipinski definition) is 1. The van der Waals surface area contributed by atoms with Gasteiger partial charge in [-0.2, -0.15) is 0 Å². The van der Waals surface area contributed by atoms with Crippen LogP contribution in [-0.2, 0) is 10.3 Å². The van der Waals surface area contributed by atoms with Crippen molar-refractivity contribution in [2.75, 3.05) is 25.2 Å². The molecule has 4 rings (SSSR count). The Labute approximate surface area is 155 Å². The first-order valence-corrected chi connectivity index (χ1v) is 9.62. The average molecular weight is 369 g/mol. The normalized spacial score (nSPS) is 27.5. The first-order chi connectivity index (χ1) is 12.5. The summed E-state index contributed by atoms with van der Waals surface area (Å²) >= 11 is 1.63. The van der Waals surface area contributed by atoms with Gasteiger partial charge in [-0.1, -0.05) is 30.3 Å². The van der Waals surface area contributed by atoms with E-state index in [1.54, 1.807) is 24.9 Å². The van der Waals surface area contributed by atoms with E-state index in [0.29, 0.717) is 17.8 Å². The molecule has 2 aromatic carbocycles. The summed E-state index contributed by atoms with van der Waals surface area (Å²) in [6, 6.07) is 14.1. The van der Waals surface area contributed by atoms with Crippen LogP contribution in [0.15, 0.2) is 53.4 Å². The monoisotopic (exact) mass is 369 g/mol. The molecule has 134 valence electrons. The van der Waals surface area contributed by atoms with E-state index < -0.39 is 11.6 Å². The standard InChI is InChI=1S/C19H19N3O3S/c1-21-11-14(12-7-9-13(26-2)10-8-12)17(22(24)25)19(21)15-5-3-4-6-16(15)20-18(19)23/h3-10,14,17H,11H2,1-2H3,(H,20,23)/t14-,17+,19+/m0/s1. The first-order valence-electron chi connectivity index (χ1n) is 8.39. The lowest BCUT2D eigenvalue weighted by atomic mass is 9.79. The molecule has 1 amide bonds. The third kappa shape index (κ3) is 2.20. The Morgan fingerprint density at radius 1 is 1.23 bits per heavy atom. The Hall–Kier alpha value is -2.38. The highest BCUT2D eigenvalue weighted by Crippen LogP contribution is 2.51. The molecule has 1 saturated heterocycles. The van der Waals surface area contributed by atoms with Gasteiger partial charge in [-0.25, -0.2) is 0 Å². The van der Waals surface area contributed by atoms with E-state index in [-0.39, 0.29) is 16.7 Å². The number of nitro groups is 1. The average Bonchev–Trinajstić information content (AvgIpc) is 3.11. The second-order valence-corrected chi connectivity index (χ2v) is 7.64. The van der Waals surface area contributed by atoms with E-state index in [1.807, 2.05) is 53.6 Å². The Bertz CT molecular complexity index is 886. The summed E-state index contributed by atoms with van der Waals surface area (Å²) in [4.78, 5) is 27.8. The van der Waals surface area contributed by atoms with Gasteiger partial charge in [0.05, 0.1) is 5.92 Å². The fraction of sp³-hybridized carbons (Fsp3) is 0.316. The van der Waals surface area contributed by atoms with Crippen molar-refractivity contribution >= 4 is 23.4 Å². The van der Waals surface area contributed by atoms with Gasteiger partial charge in [0, 0.05) is 27.6 Å². The predicted molar refractivity (Wildman–Crippen MR) is 101 cm³/mol. The molecule has 0 radical (unpaired) electrons. The van der Waals surface area contributed by atoms with E-state index in [1.165, 1.54) is 0 Å². The van der Waals surface area contributed by atoms with Crippen LogP contribution in [0.2, 0.25) is 0 Å². The summed E-state index contributed by atoms with van der Waals surface area (Å²) in [5, 5.41) is 15.0. The molecule has 3 atom stereocenters. The van der Waals surface area contributed by atoms with Crippen molar-refractivity contribution < 1.29 is 9.72 Å². The highest BCUT2D eigenvalue weighted by atomic mass is 32.2. The fourth-order valence-electron chi connectivity index (χ4n) is 4.43. The second-order valence-electron chi connectivity index (χ2n) is 6.76. The van der Waals surface area contributed by atoms with Crippen molar-refractivity contribution in [3.8, 4) is 0 Å². The number of benzene rings is 2. The number of para-hydroxylation sites is 1. The van der Waals surface area contributed by atoms with Gasteiger partial charge in [-0.15, -0.1) is 11.8 Å². The largest absolute Gasteiger partial charge is 0.324 e. The summed E-state index contributed by atoms with van der Waals surface area (Å²) in [7, 11) is 1.80. The lowest BCUT2D eigenvalue weighted by Gasteiger charge is -2.30. The van der Waals surface area contributed by atoms with E-state index in [4.69, 9.17) is 0 Å². The maximum absolute atomic E-state index is 13.0. The summed E-state index contributed by atoms with van der Waals surface area (Å²) in [6.45, 7) is 0.450. The molecular formula is C19H19N3O3S. The third-order valence-corrected chi connectivity index (χ3v) is 6.33. The molecule has 6 nitrogen and oxygen atoms in total. The molecule has 1 spiro atoms. The number of rotatable bonds is 3. The molecule has 2 heterocycles. The number of anilines is 1. The smallest absolute Gasteiger partial charge is 0.256 e. The van der Waals surface area contributed by atoms with Gasteiger partial charge < -0.3 is 5.32 Å². The number of amides is 1. The number of carbonyl (C=O) groups is 1. The van der Waals surface area contributed by atoms with Crippen LogP contribution in [0.5, 0.6) is 0 Å². The molecule has 0 aromatic heterocycles. The van der Waals surface area contributed by atoms with Crippen molar-refractivity contribution in [1.29, 1.82) is 0 Å².